The van der Waals surface area contributed by atoms with E-state index < -0.39 is 0 Å². The third kappa shape index (κ3) is 3.31. The van der Waals surface area contributed by atoms with Gasteiger partial charge in [0.15, 0.2) is 5.16 Å². The van der Waals surface area contributed by atoms with Crippen LogP contribution in [-0.4, -0.2) is 45.2 Å². The first kappa shape index (κ1) is 18.7. The lowest BCUT2D eigenvalue weighted by Gasteiger charge is -2.13. The van der Waals surface area contributed by atoms with E-state index in [1.807, 2.05) is 42.6 Å². The van der Waals surface area contributed by atoms with Crippen LogP contribution in [0.1, 0.15) is 6.92 Å². The van der Waals surface area contributed by atoms with Crippen molar-refractivity contribution in [2.45, 2.75) is 18.6 Å². The predicted molar refractivity (Wildman–Crippen MR) is 111 cm³/mol. The van der Waals surface area contributed by atoms with Gasteiger partial charge in [0.2, 0.25) is 5.91 Å². The third-order valence-corrected chi connectivity index (χ3v) is 6.38. The lowest BCUT2D eigenvalue weighted by atomic mass is 10.1. The normalized spacial score (nSPS) is 13.9. The molecule has 1 N–H and O–H groups in total. The molecule has 1 saturated heterocycles. The van der Waals surface area contributed by atoms with Gasteiger partial charge in [-0.05, 0) is 12.5 Å². The Hall–Kier alpha value is -2.65. The molecule has 0 bridgehead atoms. The van der Waals surface area contributed by atoms with Crippen LogP contribution in [0.25, 0.3) is 21.3 Å². The molecular formula is C19H18N4O3S2. The van der Waals surface area contributed by atoms with Crippen LogP contribution in [0.2, 0.25) is 0 Å². The van der Waals surface area contributed by atoms with Crippen molar-refractivity contribution in [2.24, 2.45) is 0 Å². The van der Waals surface area contributed by atoms with Gasteiger partial charge in [-0.1, -0.05) is 42.1 Å². The first-order chi connectivity index (χ1) is 13.6. The van der Waals surface area contributed by atoms with Crippen molar-refractivity contribution >= 4 is 45.3 Å². The minimum Gasteiger partial charge on any atom is -0.336 e. The predicted octanol–water partition coefficient (Wildman–Crippen LogP) is 2.79. The summed E-state index contributed by atoms with van der Waals surface area (Å²) < 4.78 is 1.59. The maximum atomic E-state index is 13.1. The standard InChI is InChI=1S/C19H18N4O3S2/c1-2-22-17(25)15-13(12-6-4-3-5-7-12)10-27-16(15)21-19(22)28-11-14(24)23-9-8-20-18(23)26/h3-7,10H,2,8-9,11H2,1H3,(H,20,26). The fourth-order valence-corrected chi connectivity index (χ4v) is 5.07. The van der Waals surface area contributed by atoms with Crippen LogP contribution < -0.4 is 10.9 Å². The molecule has 3 heterocycles. The van der Waals surface area contributed by atoms with Crippen LogP contribution in [-0.2, 0) is 11.3 Å². The summed E-state index contributed by atoms with van der Waals surface area (Å²) in [5.74, 6) is -0.226. The number of thiophene rings is 1. The summed E-state index contributed by atoms with van der Waals surface area (Å²) >= 11 is 2.61. The highest BCUT2D eigenvalue weighted by molar-refractivity contribution is 7.99. The Morgan fingerprint density at radius 1 is 1.29 bits per heavy atom. The molecule has 1 fully saturated rings. The van der Waals surface area contributed by atoms with E-state index in [4.69, 9.17) is 0 Å². The monoisotopic (exact) mass is 414 g/mol. The zero-order valence-electron chi connectivity index (χ0n) is 15.2. The van der Waals surface area contributed by atoms with Crippen LogP contribution in [0, 0.1) is 0 Å². The van der Waals surface area contributed by atoms with E-state index in [9.17, 15) is 14.4 Å². The smallest absolute Gasteiger partial charge is 0.324 e. The Morgan fingerprint density at radius 2 is 2.07 bits per heavy atom. The van der Waals surface area contributed by atoms with Gasteiger partial charge in [0.05, 0.1) is 11.1 Å². The molecule has 28 heavy (non-hydrogen) atoms. The fraction of sp³-hybridized carbons (Fsp3) is 0.263. The summed E-state index contributed by atoms with van der Waals surface area (Å²) in [5, 5.41) is 5.66. The molecule has 7 nitrogen and oxygen atoms in total. The number of nitrogens with zero attached hydrogens (tertiary/aromatic N) is 3. The summed E-state index contributed by atoms with van der Waals surface area (Å²) in [4.78, 5) is 43.6. The molecule has 1 aliphatic rings. The molecule has 0 saturated carbocycles. The molecule has 144 valence electrons. The van der Waals surface area contributed by atoms with Crippen molar-refractivity contribution in [2.75, 3.05) is 18.8 Å². The van der Waals surface area contributed by atoms with Crippen molar-refractivity contribution in [3.05, 3.63) is 46.1 Å². The van der Waals surface area contributed by atoms with Crippen LogP contribution in [0.3, 0.4) is 0 Å². The Labute approximate surface area is 169 Å². The molecule has 3 aromatic rings. The largest absolute Gasteiger partial charge is 0.336 e. The van der Waals surface area contributed by atoms with Gasteiger partial charge in [0.1, 0.15) is 4.83 Å². The summed E-state index contributed by atoms with van der Waals surface area (Å²) in [6.07, 6.45) is 0. The number of amides is 3. The topological polar surface area (TPSA) is 84.3 Å². The molecule has 1 aliphatic heterocycles. The molecule has 3 amide bonds. The summed E-state index contributed by atoms with van der Waals surface area (Å²) in [5.41, 5.74) is 1.74. The maximum absolute atomic E-state index is 13.1. The molecule has 0 spiro atoms. The number of benzene rings is 1. The molecule has 0 radical (unpaired) electrons. The van der Waals surface area contributed by atoms with Gasteiger partial charge in [0.25, 0.3) is 5.56 Å². The second-order valence-electron chi connectivity index (χ2n) is 6.21. The molecule has 0 atom stereocenters. The number of urea groups is 1. The number of hydrogen-bond acceptors (Lipinski definition) is 6. The number of hydrogen-bond donors (Lipinski definition) is 1. The highest BCUT2D eigenvalue weighted by atomic mass is 32.2. The number of imide groups is 1. The summed E-state index contributed by atoms with van der Waals surface area (Å²) in [7, 11) is 0. The maximum Gasteiger partial charge on any atom is 0.324 e. The first-order valence-electron chi connectivity index (χ1n) is 8.88. The SMILES string of the molecule is CCn1c(SCC(=O)N2CCNC2=O)nc2scc(-c3ccccc3)c2c1=O. The first-order valence-corrected chi connectivity index (χ1v) is 10.7. The van der Waals surface area contributed by atoms with Crippen LogP contribution in [0.5, 0.6) is 0 Å². The molecule has 0 aliphatic carbocycles. The second-order valence-corrected chi connectivity index (χ2v) is 8.01. The van der Waals surface area contributed by atoms with Crippen molar-refractivity contribution in [3.8, 4) is 11.1 Å². The molecule has 4 rings (SSSR count). The molecular weight excluding hydrogens is 396 g/mol. The van der Waals surface area contributed by atoms with Gasteiger partial charge in [-0.25, -0.2) is 9.78 Å². The van der Waals surface area contributed by atoms with Gasteiger partial charge >= 0.3 is 6.03 Å². The second kappa shape index (κ2) is 7.76. The third-order valence-electron chi connectivity index (χ3n) is 4.54. The Bertz CT molecular complexity index is 1110. The van der Waals surface area contributed by atoms with E-state index in [0.717, 1.165) is 11.1 Å². The van der Waals surface area contributed by atoms with E-state index in [1.54, 1.807) is 4.57 Å². The van der Waals surface area contributed by atoms with Crippen molar-refractivity contribution in [3.63, 3.8) is 0 Å². The Balaban J connectivity index is 1.67. The molecule has 0 unspecified atom stereocenters. The van der Waals surface area contributed by atoms with Crippen LogP contribution in [0.15, 0.2) is 45.7 Å². The van der Waals surface area contributed by atoms with Crippen molar-refractivity contribution in [1.82, 2.24) is 19.8 Å². The number of nitrogens with one attached hydrogen (secondary N) is 1. The van der Waals surface area contributed by atoms with E-state index in [2.05, 4.69) is 10.3 Å². The average Bonchev–Trinajstić information content (AvgIpc) is 3.33. The summed E-state index contributed by atoms with van der Waals surface area (Å²) in [6, 6.07) is 9.39. The number of fused-ring (bicyclic) bond motifs is 1. The van der Waals surface area contributed by atoms with Gasteiger partial charge in [-0.3, -0.25) is 19.1 Å². The van der Waals surface area contributed by atoms with Gasteiger partial charge in [-0.2, -0.15) is 0 Å². The number of carbonyl (C=O) groups is 2. The van der Waals surface area contributed by atoms with E-state index in [1.165, 1.54) is 28.0 Å². The highest BCUT2D eigenvalue weighted by Crippen LogP contribution is 2.32. The zero-order valence-corrected chi connectivity index (χ0v) is 16.8. The lowest BCUT2D eigenvalue weighted by Crippen LogP contribution is -2.35. The summed E-state index contributed by atoms with van der Waals surface area (Å²) in [6.45, 7) is 3.17. The Kier molecular flexibility index (Phi) is 5.19. The number of aromatic nitrogens is 2. The van der Waals surface area contributed by atoms with Crippen molar-refractivity contribution in [1.29, 1.82) is 0 Å². The molecule has 2 aromatic heterocycles. The average molecular weight is 415 g/mol. The van der Waals surface area contributed by atoms with Crippen molar-refractivity contribution < 1.29 is 9.59 Å². The van der Waals surface area contributed by atoms with E-state index >= 15 is 0 Å². The number of thioether (sulfide) groups is 1. The molecule has 1 aromatic carbocycles. The quantitative estimate of drug-likeness (QED) is 0.513. The highest BCUT2D eigenvalue weighted by Gasteiger charge is 2.26. The Morgan fingerprint density at radius 3 is 2.75 bits per heavy atom. The van der Waals surface area contributed by atoms with Gasteiger partial charge in [0, 0.05) is 30.6 Å². The lowest BCUT2D eigenvalue weighted by molar-refractivity contribution is -0.124. The minimum atomic E-state index is -0.368. The van der Waals surface area contributed by atoms with E-state index in [-0.39, 0.29) is 23.3 Å². The zero-order chi connectivity index (χ0) is 19.7. The number of rotatable bonds is 5. The minimum absolute atomic E-state index is 0.0578. The fourth-order valence-electron chi connectivity index (χ4n) is 3.14. The van der Waals surface area contributed by atoms with Gasteiger partial charge in [-0.15, -0.1) is 11.3 Å². The van der Waals surface area contributed by atoms with Crippen LogP contribution >= 0.6 is 23.1 Å². The van der Waals surface area contributed by atoms with Gasteiger partial charge < -0.3 is 5.32 Å². The number of carbonyl (C=O) groups excluding carboxylic acids is 2. The van der Waals surface area contributed by atoms with E-state index in [0.29, 0.717) is 35.0 Å². The molecule has 9 heteroatoms. The van der Waals surface area contributed by atoms with Crippen LogP contribution in [0.4, 0.5) is 4.79 Å².